The van der Waals surface area contributed by atoms with E-state index in [9.17, 15) is 4.39 Å². The fourth-order valence-electron chi connectivity index (χ4n) is 3.05. The maximum absolute atomic E-state index is 9.50. The fourth-order valence-corrected chi connectivity index (χ4v) is 3.05. The summed E-state index contributed by atoms with van der Waals surface area (Å²) in [4.78, 5) is 0. The highest BCUT2D eigenvalue weighted by atomic mass is 19.1. The maximum Gasteiger partial charge on any atom is 0.0785 e. The molecule has 0 amide bonds. The van der Waals surface area contributed by atoms with Crippen LogP contribution in [0.25, 0.3) is 6.08 Å². The summed E-state index contributed by atoms with van der Waals surface area (Å²) in [5.74, 6) is 0. The number of rotatable bonds is 7. The molecule has 0 spiro atoms. The first-order valence-corrected chi connectivity index (χ1v) is 13.8. The van der Waals surface area contributed by atoms with E-state index in [0.717, 1.165) is 19.3 Å². The van der Waals surface area contributed by atoms with Crippen LogP contribution in [-0.2, 0) is 6.42 Å². The summed E-state index contributed by atoms with van der Waals surface area (Å²) in [6.07, 6.45) is 19.4. The lowest BCUT2D eigenvalue weighted by atomic mass is 9.94. The van der Waals surface area contributed by atoms with E-state index in [1.807, 2.05) is 56.4 Å². The van der Waals surface area contributed by atoms with Gasteiger partial charge in [0.1, 0.15) is 0 Å². The van der Waals surface area contributed by atoms with E-state index in [1.165, 1.54) is 39.0 Å². The van der Waals surface area contributed by atoms with Gasteiger partial charge >= 0.3 is 0 Å². The molecule has 0 bridgehead atoms. The van der Waals surface area contributed by atoms with E-state index in [4.69, 9.17) is 0 Å². The number of hydrogen-bond acceptors (Lipinski definition) is 0. The van der Waals surface area contributed by atoms with E-state index < -0.39 is 0 Å². The molecule has 0 heterocycles. The van der Waals surface area contributed by atoms with Crippen molar-refractivity contribution in [1.82, 2.24) is 0 Å². The summed E-state index contributed by atoms with van der Waals surface area (Å²) in [7, 11) is 0.500. The first-order valence-electron chi connectivity index (χ1n) is 13.8. The van der Waals surface area contributed by atoms with Gasteiger partial charge < -0.3 is 0 Å². The Morgan fingerprint density at radius 1 is 0.846 bits per heavy atom. The monoisotopic (exact) mass is 530 g/mol. The van der Waals surface area contributed by atoms with Crippen molar-refractivity contribution in [3.8, 4) is 0 Å². The summed E-state index contributed by atoms with van der Waals surface area (Å²) in [6.45, 7) is 26.0. The molecule has 2 rings (SSSR count). The molecule has 0 nitrogen and oxygen atoms in total. The van der Waals surface area contributed by atoms with Gasteiger partial charge in [-0.05, 0) is 95.6 Å². The average molecular weight is 531 g/mol. The zero-order valence-electron chi connectivity index (χ0n) is 26.6. The van der Waals surface area contributed by atoms with Crippen LogP contribution in [0.5, 0.6) is 0 Å². The number of hydrogen-bond donors (Lipinski definition) is 0. The molecular formula is C38H55F. The SMILES string of the molecule is C/C=C\c1cc(C/C(=C\C)CC)c(C)cc1C.C=C/C=C\C=C/C.C=C=C(C)CC.CF.Cc1ccccc1. The molecule has 1 heteroatoms. The molecule has 0 aliphatic rings. The van der Waals surface area contributed by atoms with Gasteiger partial charge in [0.05, 0.1) is 7.18 Å². The van der Waals surface area contributed by atoms with Crippen LogP contribution in [0.4, 0.5) is 4.39 Å². The molecular weight excluding hydrogens is 475 g/mol. The first-order chi connectivity index (χ1) is 18.7. The van der Waals surface area contributed by atoms with Crippen LogP contribution in [0.15, 0.2) is 115 Å². The van der Waals surface area contributed by atoms with Crippen molar-refractivity contribution < 1.29 is 4.39 Å². The summed E-state index contributed by atoms with van der Waals surface area (Å²) < 4.78 is 9.50. The Hall–Kier alpha value is -3.41. The quantitative estimate of drug-likeness (QED) is 0.190. The van der Waals surface area contributed by atoms with Gasteiger partial charge in [0.2, 0.25) is 0 Å². The van der Waals surface area contributed by atoms with Crippen molar-refractivity contribution in [1.29, 1.82) is 0 Å². The standard InChI is InChI=1S/C17H24.C7H8.C7H10.C6H10.CH3F/c1-6-9-16-12-17(11-15(7-2)8-3)14(5)10-13(16)4;1-7-5-3-2-4-6-7;1-3-5-7-6-4-2;1-4-6(3)5-2;1-2/h6-7,9-10,12H,8,11H2,1-5H3;2-6H,1H3;3-7H,1H2,2H3;1,5H2,2-3H3;1H3/b9-6-,15-7-;;6-4-,7-5-;;. The second kappa shape index (κ2) is 29.2. The summed E-state index contributed by atoms with van der Waals surface area (Å²) in [5.41, 5.74) is 12.4. The highest BCUT2D eigenvalue weighted by Crippen LogP contribution is 2.21. The van der Waals surface area contributed by atoms with Gasteiger partial charge in [-0.1, -0.05) is 129 Å². The normalized spacial score (nSPS) is 10.2. The van der Waals surface area contributed by atoms with E-state index in [2.05, 4.69) is 110 Å². The molecule has 0 saturated carbocycles. The van der Waals surface area contributed by atoms with Gasteiger partial charge in [-0.2, -0.15) is 0 Å². The Morgan fingerprint density at radius 2 is 1.46 bits per heavy atom. The fraction of sp³-hybridized carbons (Fsp3) is 0.342. The lowest BCUT2D eigenvalue weighted by Gasteiger charge is -2.11. The third-order valence-corrected chi connectivity index (χ3v) is 5.67. The van der Waals surface area contributed by atoms with Crippen LogP contribution in [0, 0.1) is 20.8 Å². The van der Waals surface area contributed by atoms with Crippen molar-refractivity contribution >= 4 is 6.08 Å². The van der Waals surface area contributed by atoms with Crippen LogP contribution in [0.1, 0.15) is 82.2 Å². The second-order valence-electron chi connectivity index (χ2n) is 8.72. The van der Waals surface area contributed by atoms with Crippen molar-refractivity contribution in [2.45, 2.75) is 81.6 Å². The van der Waals surface area contributed by atoms with Crippen LogP contribution >= 0.6 is 0 Å². The second-order valence-corrected chi connectivity index (χ2v) is 8.72. The van der Waals surface area contributed by atoms with Gasteiger partial charge in [-0.25, -0.2) is 0 Å². The predicted octanol–water partition coefficient (Wildman–Crippen LogP) is 12.2. The topological polar surface area (TPSA) is 0 Å². The molecule has 0 N–H and O–H groups in total. The van der Waals surface area contributed by atoms with E-state index in [1.54, 1.807) is 6.08 Å². The third kappa shape index (κ3) is 23.4. The van der Waals surface area contributed by atoms with E-state index in [0.29, 0.717) is 7.18 Å². The molecule has 39 heavy (non-hydrogen) atoms. The molecule has 214 valence electrons. The number of benzene rings is 2. The Labute approximate surface area is 241 Å². The molecule has 0 radical (unpaired) electrons. The Kier molecular flexibility index (Phi) is 30.0. The first kappa shape index (κ1) is 40.1. The maximum atomic E-state index is 9.50. The highest BCUT2D eigenvalue weighted by molar-refractivity contribution is 5.56. The number of allylic oxidation sites excluding steroid dienone is 9. The van der Waals surface area contributed by atoms with Crippen LogP contribution in [0.3, 0.4) is 0 Å². The number of halogens is 1. The zero-order valence-corrected chi connectivity index (χ0v) is 26.6. The molecule has 2 aromatic carbocycles. The lowest BCUT2D eigenvalue weighted by Crippen LogP contribution is -1.96. The van der Waals surface area contributed by atoms with Gasteiger partial charge in [0.25, 0.3) is 0 Å². The molecule has 0 aliphatic carbocycles. The van der Waals surface area contributed by atoms with Crippen molar-refractivity contribution in [3.63, 3.8) is 0 Å². The molecule has 0 fully saturated rings. The average Bonchev–Trinajstić information content (AvgIpc) is 2.96. The Morgan fingerprint density at radius 3 is 1.82 bits per heavy atom. The molecule has 0 atom stereocenters. The summed E-state index contributed by atoms with van der Waals surface area (Å²) in [6, 6.07) is 14.9. The largest absolute Gasteiger partial charge is 0.255 e. The van der Waals surface area contributed by atoms with Crippen molar-refractivity contribution in [2.75, 3.05) is 7.18 Å². The molecule has 2 aromatic rings. The van der Waals surface area contributed by atoms with Gasteiger partial charge in [-0.3, -0.25) is 4.39 Å². The molecule has 0 aliphatic heterocycles. The smallest absolute Gasteiger partial charge is 0.0785 e. The van der Waals surface area contributed by atoms with Crippen LogP contribution in [-0.4, -0.2) is 7.18 Å². The molecule has 0 saturated heterocycles. The van der Waals surface area contributed by atoms with Gasteiger partial charge in [-0.15, -0.1) is 5.73 Å². The van der Waals surface area contributed by atoms with E-state index >= 15 is 0 Å². The van der Waals surface area contributed by atoms with Crippen LogP contribution < -0.4 is 0 Å². The Bertz CT molecular complexity index is 1040. The molecule has 0 aromatic heterocycles. The minimum absolute atomic E-state index is 0.500. The lowest BCUT2D eigenvalue weighted by molar-refractivity contribution is 0.636. The zero-order chi connectivity index (χ0) is 30.5. The molecule has 0 unspecified atom stereocenters. The predicted molar refractivity (Wildman–Crippen MR) is 179 cm³/mol. The minimum atomic E-state index is 0.500. The van der Waals surface area contributed by atoms with Crippen molar-refractivity contribution in [2.24, 2.45) is 0 Å². The van der Waals surface area contributed by atoms with E-state index in [-0.39, 0.29) is 0 Å². The minimum Gasteiger partial charge on any atom is -0.255 e. The Balaban J connectivity index is -0.000000489. The van der Waals surface area contributed by atoms with Gasteiger partial charge in [0.15, 0.2) is 0 Å². The summed E-state index contributed by atoms with van der Waals surface area (Å²) >= 11 is 0. The third-order valence-electron chi connectivity index (χ3n) is 5.67. The summed E-state index contributed by atoms with van der Waals surface area (Å²) in [5, 5.41) is 0. The van der Waals surface area contributed by atoms with Crippen molar-refractivity contribution in [3.05, 3.63) is 143 Å². The van der Waals surface area contributed by atoms with Gasteiger partial charge in [0, 0.05) is 0 Å². The number of aryl methyl sites for hydroxylation is 3. The van der Waals surface area contributed by atoms with Crippen LogP contribution in [0.2, 0.25) is 0 Å². The number of alkyl halides is 1. The highest BCUT2D eigenvalue weighted by Gasteiger charge is 2.04.